The predicted octanol–water partition coefficient (Wildman–Crippen LogP) is 11.2. The van der Waals surface area contributed by atoms with Crippen LogP contribution in [0.5, 0.6) is 0 Å². The minimum Gasteiger partial charge on any atom is -0.493 e. The van der Waals surface area contributed by atoms with E-state index in [-0.39, 0.29) is 16.8 Å². The topological polar surface area (TPSA) is 25.9 Å². The zero-order valence-corrected chi connectivity index (χ0v) is 29.8. The number of hydrogen-bond acceptors (Lipinski definition) is 5. The number of rotatable bonds is 4. The van der Waals surface area contributed by atoms with E-state index in [0.717, 1.165) is 22.7 Å². The van der Waals surface area contributed by atoms with E-state index in [1.165, 1.54) is 56.1 Å². The average molecular weight is 686 g/mol. The van der Waals surface area contributed by atoms with E-state index in [0.29, 0.717) is 0 Å². The van der Waals surface area contributed by atoms with Crippen LogP contribution in [-0.2, 0) is 16.8 Å². The molecule has 0 unspecified atom stereocenters. The van der Waals surface area contributed by atoms with Gasteiger partial charge in [0.1, 0.15) is 0 Å². The van der Waals surface area contributed by atoms with E-state index in [1.807, 2.05) is 18.2 Å². The average Bonchev–Trinajstić information content (AvgIpc) is 3.65. The SMILES string of the molecule is Cc1cc(C)c(N2[CH-]N(c3[c-]c(N4[CH-]N(c5c(C)cc(C)cc5C)c5ccccc54)ccc3)c3ccccc32)c(C)c1.[Co+3].c1ccncc1. The first-order valence-corrected chi connectivity index (χ1v) is 16.4. The second kappa shape index (κ2) is 14.2. The molecule has 2 aliphatic rings. The largest absolute Gasteiger partial charge is 3.00 e. The van der Waals surface area contributed by atoms with Crippen molar-refractivity contribution in [2.75, 3.05) is 19.6 Å². The number of para-hydroxylation sites is 4. The number of nitrogens with zero attached hydrogens (tertiary/aromatic N) is 5. The summed E-state index contributed by atoms with van der Waals surface area (Å²) in [6.07, 6.45) is 3.50. The number of hydrogen-bond donors (Lipinski definition) is 0. The van der Waals surface area contributed by atoms with Crippen molar-refractivity contribution in [2.24, 2.45) is 0 Å². The van der Waals surface area contributed by atoms with Gasteiger partial charge in [-0.1, -0.05) is 65.7 Å². The summed E-state index contributed by atoms with van der Waals surface area (Å²) < 4.78 is 0. The van der Waals surface area contributed by atoms with Crippen molar-refractivity contribution < 1.29 is 16.8 Å². The Morgan fingerprint density at radius 3 is 1.14 bits per heavy atom. The molecule has 0 atom stereocenters. The van der Waals surface area contributed by atoms with Crippen molar-refractivity contribution in [1.82, 2.24) is 4.98 Å². The third-order valence-electron chi connectivity index (χ3n) is 8.87. The van der Waals surface area contributed by atoms with Crippen molar-refractivity contribution in [3.05, 3.63) is 174 Å². The minimum absolute atomic E-state index is 0. The van der Waals surface area contributed by atoms with Gasteiger partial charge in [0.25, 0.3) is 0 Å². The van der Waals surface area contributed by atoms with Gasteiger partial charge >= 0.3 is 16.8 Å². The molecule has 2 aliphatic heterocycles. The maximum absolute atomic E-state index is 3.78. The standard InChI is InChI=1S/C38H35N4.C5H5N.Co/c1-25-18-27(3)37(28(4)19-25)41-23-39(33-14-7-9-16-35(33)41)31-12-11-13-32(22-31)40-24-42(36-17-10-8-15-34(36)40)38-29(5)20-26(2)21-30(38)6;1-2-4-6-5-3-1;/h7-21,23-24H,1-6H3;1-5H;/q-3;;+3. The molecule has 1 aromatic heterocycles. The summed E-state index contributed by atoms with van der Waals surface area (Å²) in [4.78, 5) is 12.9. The molecule has 0 saturated carbocycles. The van der Waals surface area contributed by atoms with E-state index >= 15 is 0 Å². The molecule has 0 radical (unpaired) electrons. The van der Waals surface area contributed by atoms with Gasteiger partial charge in [0.2, 0.25) is 0 Å². The van der Waals surface area contributed by atoms with Crippen LogP contribution in [0.25, 0.3) is 0 Å². The van der Waals surface area contributed by atoms with Crippen LogP contribution in [0.15, 0.2) is 122 Å². The van der Waals surface area contributed by atoms with E-state index in [4.69, 9.17) is 0 Å². The van der Waals surface area contributed by atoms with Crippen molar-refractivity contribution in [1.29, 1.82) is 0 Å². The van der Waals surface area contributed by atoms with E-state index < -0.39 is 0 Å². The maximum atomic E-state index is 3.78. The minimum atomic E-state index is 0. The number of aromatic nitrogens is 1. The van der Waals surface area contributed by atoms with Gasteiger partial charge in [-0.3, -0.25) is 4.98 Å². The first-order chi connectivity index (χ1) is 23.3. The summed E-state index contributed by atoms with van der Waals surface area (Å²) in [5.74, 6) is 0. The fourth-order valence-corrected chi connectivity index (χ4v) is 7.11. The second-order valence-corrected chi connectivity index (χ2v) is 12.6. The summed E-state index contributed by atoms with van der Waals surface area (Å²) in [7, 11) is 0. The fraction of sp³-hybridized carbons (Fsp3) is 0.140. The molecule has 5 nitrogen and oxygen atoms in total. The van der Waals surface area contributed by atoms with Gasteiger partial charge in [0, 0.05) is 46.5 Å². The molecule has 5 aromatic carbocycles. The van der Waals surface area contributed by atoms with Crippen LogP contribution >= 0.6 is 0 Å². The molecule has 0 spiro atoms. The molecule has 6 aromatic rings. The summed E-state index contributed by atoms with van der Waals surface area (Å²) in [6.45, 7) is 17.5. The Hall–Kier alpha value is -5.04. The monoisotopic (exact) mass is 685 g/mol. The Labute approximate surface area is 301 Å². The Balaban J connectivity index is 0.000000540. The van der Waals surface area contributed by atoms with Crippen molar-refractivity contribution >= 4 is 45.5 Å². The number of aryl methyl sites for hydroxylation is 6. The number of pyridine rings is 1. The zero-order chi connectivity index (χ0) is 33.4. The van der Waals surface area contributed by atoms with Crippen LogP contribution in [0, 0.1) is 60.9 Å². The normalized spacial score (nSPS) is 13.0. The summed E-state index contributed by atoms with van der Waals surface area (Å²) in [5.41, 5.74) is 16.7. The zero-order valence-electron chi connectivity index (χ0n) is 28.8. The number of anilines is 8. The number of benzene rings is 5. The van der Waals surface area contributed by atoms with Crippen LogP contribution in [0.1, 0.15) is 33.4 Å². The first-order valence-electron chi connectivity index (χ1n) is 16.4. The smallest absolute Gasteiger partial charge is 0.493 e. The van der Waals surface area contributed by atoms with Crippen molar-refractivity contribution in [2.45, 2.75) is 41.5 Å². The molecule has 246 valence electrons. The fourth-order valence-electron chi connectivity index (χ4n) is 7.11. The Morgan fingerprint density at radius 1 is 0.449 bits per heavy atom. The Morgan fingerprint density at radius 2 is 0.816 bits per heavy atom. The molecule has 3 heterocycles. The number of fused-ring (bicyclic) bond motifs is 2. The molecular weight excluding hydrogens is 645 g/mol. The first kappa shape index (κ1) is 33.8. The van der Waals surface area contributed by atoms with E-state index in [1.54, 1.807) is 12.4 Å². The predicted molar refractivity (Wildman–Crippen MR) is 201 cm³/mol. The van der Waals surface area contributed by atoms with Gasteiger partial charge in [-0.05, 0) is 100 Å². The molecule has 0 saturated heterocycles. The Bertz CT molecular complexity index is 1890. The molecule has 0 amide bonds. The molecular formula is C43H40CoN5. The van der Waals surface area contributed by atoms with Gasteiger partial charge in [0.05, 0.1) is 0 Å². The van der Waals surface area contributed by atoms with E-state index in [2.05, 4.69) is 177 Å². The van der Waals surface area contributed by atoms with Crippen LogP contribution in [0.2, 0.25) is 0 Å². The van der Waals surface area contributed by atoms with E-state index in [9.17, 15) is 0 Å². The third kappa shape index (κ3) is 6.54. The molecule has 0 N–H and O–H groups in total. The van der Waals surface area contributed by atoms with Gasteiger partial charge in [-0.15, -0.1) is 42.9 Å². The van der Waals surface area contributed by atoms with Crippen LogP contribution in [-0.4, -0.2) is 4.98 Å². The maximum Gasteiger partial charge on any atom is 3.00 e. The quantitative estimate of drug-likeness (QED) is 0.172. The van der Waals surface area contributed by atoms with Crippen molar-refractivity contribution in [3.8, 4) is 0 Å². The Kier molecular flexibility index (Phi) is 9.81. The molecule has 0 fully saturated rings. The van der Waals surface area contributed by atoms with Crippen LogP contribution < -0.4 is 19.6 Å². The summed E-state index contributed by atoms with van der Waals surface area (Å²) in [6, 6.07) is 42.2. The summed E-state index contributed by atoms with van der Waals surface area (Å²) >= 11 is 0. The second-order valence-electron chi connectivity index (χ2n) is 12.6. The molecule has 0 aliphatic carbocycles. The molecule has 49 heavy (non-hydrogen) atoms. The van der Waals surface area contributed by atoms with Crippen molar-refractivity contribution in [3.63, 3.8) is 0 Å². The third-order valence-corrected chi connectivity index (χ3v) is 8.87. The molecule has 0 bridgehead atoms. The van der Waals surface area contributed by atoms with Gasteiger partial charge in [-0.25, -0.2) is 0 Å². The van der Waals surface area contributed by atoms with Gasteiger partial charge in [0.15, 0.2) is 0 Å². The molecule has 6 heteroatoms. The van der Waals surface area contributed by atoms with Gasteiger partial charge in [-0.2, -0.15) is 6.07 Å². The van der Waals surface area contributed by atoms with Gasteiger partial charge < -0.3 is 19.6 Å². The summed E-state index contributed by atoms with van der Waals surface area (Å²) in [5, 5.41) is 0. The van der Waals surface area contributed by atoms with Crippen LogP contribution in [0.4, 0.5) is 45.5 Å². The van der Waals surface area contributed by atoms with Crippen LogP contribution in [0.3, 0.4) is 0 Å². The molecule has 8 rings (SSSR count).